The first-order valence-corrected chi connectivity index (χ1v) is 10.8. The Labute approximate surface area is 148 Å². The monoisotopic (exact) mass is 400 g/mol. The molecule has 0 atom stereocenters. The van der Waals surface area contributed by atoms with E-state index in [1.54, 1.807) is 28.6 Å². The van der Waals surface area contributed by atoms with E-state index in [-0.39, 0.29) is 0 Å². The fraction of sp³-hybridized carbons (Fsp3) is 0.647. The molecule has 2 aliphatic rings. The number of hydrogen-bond acceptors (Lipinski definition) is 3. The molecule has 0 aliphatic carbocycles. The van der Waals surface area contributed by atoms with E-state index in [0.717, 1.165) is 23.9 Å². The van der Waals surface area contributed by atoms with Gasteiger partial charge in [0.05, 0.1) is 4.90 Å². The molecule has 0 saturated carbocycles. The van der Waals surface area contributed by atoms with E-state index >= 15 is 0 Å². The van der Waals surface area contributed by atoms with E-state index in [0.29, 0.717) is 23.9 Å². The summed E-state index contributed by atoms with van der Waals surface area (Å²) >= 11 is 3.35. The maximum Gasteiger partial charge on any atom is 0.243 e. The Morgan fingerprint density at radius 2 is 1.57 bits per heavy atom. The SMILES string of the molecule is O=S(=O)(c1ccc(Br)cc1)N1CCC(CN2CCCCC2)CC1. The van der Waals surface area contributed by atoms with Gasteiger partial charge in [-0.2, -0.15) is 4.31 Å². The molecule has 6 heteroatoms. The van der Waals surface area contributed by atoms with Gasteiger partial charge in [-0.15, -0.1) is 0 Å². The molecule has 1 aromatic carbocycles. The van der Waals surface area contributed by atoms with Crippen LogP contribution in [-0.4, -0.2) is 50.3 Å². The van der Waals surface area contributed by atoms with Crippen LogP contribution in [-0.2, 0) is 10.0 Å². The van der Waals surface area contributed by atoms with Gasteiger partial charge in [0.2, 0.25) is 10.0 Å². The van der Waals surface area contributed by atoms with Crippen LogP contribution >= 0.6 is 15.9 Å². The van der Waals surface area contributed by atoms with Crippen molar-refractivity contribution in [1.29, 1.82) is 0 Å². The Bertz CT molecular complexity index is 604. The van der Waals surface area contributed by atoms with Crippen molar-refractivity contribution in [2.24, 2.45) is 5.92 Å². The van der Waals surface area contributed by atoms with Gasteiger partial charge < -0.3 is 4.90 Å². The molecule has 3 rings (SSSR count). The topological polar surface area (TPSA) is 40.6 Å². The van der Waals surface area contributed by atoms with Gasteiger partial charge >= 0.3 is 0 Å². The second kappa shape index (κ2) is 7.64. The van der Waals surface area contributed by atoms with Crippen LogP contribution in [0.4, 0.5) is 0 Å². The largest absolute Gasteiger partial charge is 0.303 e. The number of halogens is 1. The molecule has 0 unspecified atom stereocenters. The van der Waals surface area contributed by atoms with E-state index in [1.807, 2.05) is 0 Å². The summed E-state index contributed by atoms with van der Waals surface area (Å²) in [5.74, 6) is 0.643. The highest BCUT2D eigenvalue weighted by Gasteiger charge is 2.30. The number of sulfonamides is 1. The zero-order chi connectivity index (χ0) is 16.3. The van der Waals surface area contributed by atoms with Crippen molar-refractivity contribution in [3.05, 3.63) is 28.7 Å². The van der Waals surface area contributed by atoms with Gasteiger partial charge in [0.15, 0.2) is 0 Å². The number of benzene rings is 1. The maximum atomic E-state index is 12.7. The first-order chi connectivity index (χ1) is 11.1. The third-order valence-corrected chi connectivity index (χ3v) is 7.43. The van der Waals surface area contributed by atoms with E-state index in [9.17, 15) is 8.42 Å². The minimum Gasteiger partial charge on any atom is -0.303 e. The molecular formula is C17H25BrN2O2S. The quantitative estimate of drug-likeness (QED) is 0.777. The normalized spacial score (nSPS) is 22.3. The van der Waals surface area contributed by atoms with Gasteiger partial charge in [0, 0.05) is 24.1 Å². The zero-order valence-electron chi connectivity index (χ0n) is 13.5. The van der Waals surface area contributed by atoms with E-state index in [4.69, 9.17) is 0 Å². The van der Waals surface area contributed by atoms with Gasteiger partial charge in [-0.1, -0.05) is 22.4 Å². The summed E-state index contributed by atoms with van der Waals surface area (Å²) in [4.78, 5) is 2.96. The summed E-state index contributed by atoms with van der Waals surface area (Å²) in [5, 5.41) is 0. The van der Waals surface area contributed by atoms with Crippen molar-refractivity contribution in [3.63, 3.8) is 0 Å². The number of piperidine rings is 2. The third kappa shape index (κ3) is 4.35. The molecule has 23 heavy (non-hydrogen) atoms. The molecule has 1 aromatic rings. The van der Waals surface area contributed by atoms with Crippen molar-refractivity contribution in [2.45, 2.75) is 37.0 Å². The Hall–Kier alpha value is -0.430. The van der Waals surface area contributed by atoms with Crippen LogP contribution in [0.5, 0.6) is 0 Å². The number of rotatable bonds is 4. The van der Waals surface area contributed by atoms with Crippen molar-refractivity contribution in [1.82, 2.24) is 9.21 Å². The summed E-state index contributed by atoms with van der Waals surface area (Å²) in [6, 6.07) is 6.93. The second-order valence-corrected chi connectivity index (χ2v) is 9.52. The van der Waals surface area contributed by atoms with Crippen molar-refractivity contribution < 1.29 is 8.42 Å². The summed E-state index contributed by atoms with van der Waals surface area (Å²) in [6.45, 7) is 4.88. The van der Waals surface area contributed by atoms with Gasteiger partial charge in [0.1, 0.15) is 0 Å². The van der Waals surface area contributed by atoms with Crippen LogP contribution < -0.4 is 0 Å². The molecule has 2 heterocycles. The minimum absolute atomic E-state index is 0.398. The summed E-state index contributed by atoms with van der Waals surface area (Å²) in [5.41, 5.74) is 0. The second-order valence-electron chi connectivity index (χ2n) is 6.66. The molecule has 0 aromatic heterocycles. The minimum atomic E-state index is -3.34. The molecule has 0 amide bonds. The van der Waals surface area contributed by atoms with Gasteiger partial charge in [-0.05, 0) is 69.0 Å². The molecular weight excluding hydrogens is 376 g/mol. The molecule has 128 valence electrons. The predicted molar refractivity (Wildman–Crippen MR) is 95.9 cm³/mol. The number of likely N-dealkylation sites (tertiary alicyclic amines) is 1. The van der Waals surface area contributed by atoms with Crippen LogP contribution in [0.1, 0.15) is 32.1 Å². The van der Waals surface area contributed by atoms with E-state index < -0.39 is 10.0 Å². The lowest BCUT2D eigenvalue weighted by Crippen LogP contribution is -2.42. The average Bonchev–Trinajstić information content (AvgIpc) is 2.57. The smallest absolute Gasteiger partial charge is 0.243 e. The molecule has 2 saturated heterocycles. The lowest BCUT2D eigenvalue weighted by molar-refractivity contribution is 0.161. The van der Waals surface area contributed by atoms with Gasteiger partial charge in [-0.25, -0.2) is 8.42 Å². The number of hydrogen-bond donors (Lipinski definition) is 0. The average molecular weight is 401 g/mol. The highest BCUT2D eigenvalue weighted by Crippen LogP contribution is 2.26. The summed E-state index contributed by atoms with van der Waals surface area (Å²) in [6.07, 6.45) is 5.95. The van der Waals surface area contributed by atoms with Crippen LogP contribution in [0.15, 0.2) is 33.6 Å². The summed E-state index contributed by atoms with van der Waals surface area (Å²) < 4.78 is 27.9. The Morgan fingerprint density at radius 3 is 2.17 bits per heavy atom. The van der Waals surface area contributed by atoms with Crippen molar-refractivity contribution in [3.8, 4) is 0 Å². The van der Waals surface area contributed by atoms with Crippen molar-refractivity contribution in [2.75, 3.05) is 32.7 Å². The fourth-order valence-electron chi connectivity index (χ4n) is 3.59. The third-order valence-electron chi connectivity index (χ3n) is 4.99. The molecule has 2 aliphatic heterocycles. The Balaban J connectivity index is 1.56. The lowest BCUT2D eigenvalue weighted by atomic mass is 9.96. The summed E-state index contributed by atoms with van der Waals surface area (Å²) in [7, 11) is -3.34. The molecule has 0 radical (unpaired) electrons. The maximum absolute atomic E-state index is 12.7. The van der Waals surface area contributed by atoms with E-state index in [1.165, 1.54) is 32.4 Å². The van der Waals surface area contributed by atoms with E-state index in [2.05, 4.69) is 20.8 Å². The Morgan fingerprint density at radius 1 is 0.957 bits per heavy atom. The predicted octanol–water partition coefficient (Wildman–Crippen LogP) is 3.34. The standard InChI is InChI=1S/C17H25BrN2O2S/c18-16-4-6-17(7-5-16)23(21,22)20-12-8-15(9-13-20)14-19-10-2-1-3-11-19/h4-7,15H,1-3,8-14H2. The molecule has 0 bridgehead atoms. The molecule has 2 fully saturated rings. The van der Waals surface area contributed by atoms with Crippen LogP contribution in [0, 0.1) is 5.92 Å². The Kier molecular flexibility index (Phi) is 5.78. The highest BCUT2D eigenvalue weighted by molar-refractivity contribution is 9.10. The zero-order valence-corrected chi connectivity index (χ0v) is 15.9. The molecule has 4 nitrogen and oxygen atoms in total. The highest BCUT2D eigenvalue weighted by atomic mass is 79.9. The first-order valence-electron chi connectivity index (χ1n) is 8.54. The van der Waals surface area contributed by atoms with Gasteiger partial charge in [0.25, 0.3) is 0 Å². The van der Waals surface area contributed by atoms with Crippen LogP contribution in [0.3, 0.4) is 0 Å². The van der Waals surface area contributed by atoms with Gasteiger partial charge in [-0.3, -0.25) is 0 Å². The lowest BCUT2D eigenvalue weighted by Gasteiger charge is -2.35. The molecule has 0 spiro atoms. The molecule has 0 N–H and O–H groups in total. The fourth-order valence-corrected chi connectivity index (χ4v) is 5.33. The van der Waals surface area contributed by atoms with Crippen LogP contribution in [0.25, 0.3) is 0 Å². The first kappa shape index (κ1) is 17.4. The van der Waals surface area contributed by atoms with Crippen molar-refractivity contribution >= 4 is 26.0 Å². The number of nitrogens with zero attached hydrogens (tertiary/aromatic N) is 2. The van der Waals surface area contributed by atoms with Crippen LogP contribution in [0.2, 0.25) is 0 Å².